The molecule has 7 nitrogen and oxygen atoms in total. The topological polar surface area (TPSA) is 68.1 Å². The Morgan fingerprint density at radius 3 is 2.55 bits per heavy atom. The van der Waals surface area contributed by atoms with Gasteiger partial charge in [0.25, 0.3) is 0 Å². The Morgan fingerprint density at radius 2 is 1.77 bits per heavy atom. The molecule has 2 aromatic heterocycles. The van der Waals surface area contributed by atoms with Gasteiger partial charge in [0, 0.05) is 19.6 Å². The highest BCUT2D eigenvalue weighted by atomic mass is 19.1. The van der Waals surface area contributed by atoms with E-state index in [2.05, 4.69) is 37.4 Å². The zero-order chi connectivity index (χ0) is 21.0. The van der Waals surface area contributed by atoms with Crippen molar-refractivity contribution < 1.29 is 9.13 Å². The van der Waals surface area contributed by atoms with E-state index >= 15 is 0 Å². The van der Waals surface area contributed by atoms with Crippen LogP contribution in [0.25, 0.3) is 16.7 Å². The number of aromatic nitrogens is 4. The molecule has 3 heterocycles. The van der Waals surface area contributed by atoms with E-state index in [9.17, 15) is 4.39 Å². The fourth-order valence-corrected chi connectivity index (χ4v) is 3.86. The summed E-state index contributed by atoms with van der Waals surface area (Å²) < 4.78 is 20.5. The first kappa shape index (κ1) is 19.6. The van der Waals surface area contributed by atoms with Gasteiger partial charge in [0.2, 0.25) is 0 Å². The first-order valence-electron chi connectivity index (χ1n) is 10.3. The third-order valence-corrected chi connectivity index (χ3v) is 5.49. The Kier molecular flexibility index (Phi) is 5.56. The molecule has 1 N–H and O–H groups in total. The Balaban J connectivity index is 1.47. The van der Waals surface area contributed by atoms with E-state index < -0.39 is 0 Å². The molecule has 2 aromatic carbocycles. The summed E-state index contributed by atoms with van der Waals surface area (Å²) in [5.41, 5.74) is 2.60. The van der Waals surface area contributed by atoms with E-state index in [1.54, 1.807) is 23.0 Å². The molecule has 31 heavy (non-hydrogen) atoms. The van der Waals surface area contributed by atoms with Gasteiger partial charge in [-0.3, -0.25) is 4.90 Å². The van der Waals surface area contributed by atoms with E-state index in [4.69, 9.17) is 4.74 Å². The Hall–Kier alpha value is -3.36. The molecule has 0 saturated carbocycles. The number of anilines is 1. The van der Waals surface area contributed by atoms with Crippen LogP contribution < -0.4 is 5.32 Å². The zero-order valence-electron chi connectivity index (χ0n) is 17.0. The van der Waals surface area contributed by atoms with Gasteiger partial charge in [-0.15, -0.1) is 0 Å². The molecule has 1 atom stereocenters. The normalized spacial score (nSPS) is 15.8. The molecular formula is C23H23FN6O. The van der Waals surface area contributed by atoms with Crippen molar-refractivity contribution in [2.45, 2.75) is 6.04 Å². The smallest absolute Gasteiger partial charge is 0.168 e. The second kappa shape index (κ2) is 8.79. The van der Waals surface area contributed by atoms with Crippen LogP contribution in [0.4, 0.5) is 10.2 Å². The van der Waals surface area contributed by atoms with Crippen molar-refractivity contribution in [1.82, 2.24) is 24.6 Å². The van der Waals surface area contributed by atoms with Crippen LogP contribution in [0, 0.1) is 5.82 Å². The standard InChI is InChI=1S/C23H23FN6O/c24-18-6-8-19(9-7-18)30-23-20(14-27-30)22(25-16-26-23)28-21(17-4-2-1-3-5-17)15-29-10-12-31-13-11-29/h1-9,14,16,21H,10-13,15H2,(H,25,26,28)/t21-/m0/s1. The molecule has 0 aliphatic carbocycles. The molecular weight excluding hydrogens is 395 g/mol. The summed E-state index contributed by atoms with van der Waals surface area (Å²) in [5.74, 6) is 0.437. The van der Waals surface area contributed by atoms with Gasteiger partial charge in [-0.2, -0.15) is 5.10 Å². The van der Waals surface area contributed by atoms with Crippen molar-refractivity contribution in [3.05, 3.63) is 78.5 Å². The Bertz CT molecular complexity index is 1140. The number of ether oxygens (including phenoxy) is 1. The summed E-state index contributed by atoms with van der Waals surface area (Å²) in [6.07, 6.45) is 3.28. The SMILES string of the molecule is Fc1ccc(-n2ncc3c(N[C@@H](CN4CCOCC4)c4ccccc4)ncnc32)cc1. The van der Waals surface area contributed by atoms with E-state index in [0.29, 0.717) is 5.65 Å². The van der Waals surface area contributed by atoms with Gasteiger partial charge in [-0.25, -0.2) is 19.0 Å². The van der Waals surface area contributed by atoms with Crippen LogP contribution in [0.1, 0.15) is 11.6 Å². The van der Waals surface area contributed by atoms with Crippen molar-refractivity contribution >= 4 is 16.9 Å². The zero-order valence-corrected chi connectivity index (χ0v) is 17.0. The summed E-state index contributed by atoms with van der Waals surface area (Å²) in [6.45, 7) is 4.16. The quantitative estimate of drug-likeness (QED) is 0.517. The highest BCUT2D eigenvalue weighted by molar-refractivity contribution is 5.87. The molecule has 8 heteroatoms. The number of morpholine rings is 1. The van der Waals surface area contributed by atoms with Crippen molar-refractivity contribution in [3.8, 4) is 5.69 Å². The first-order valence-corrected chi connectivity index (χ1v) is 10.3. The summed E-state index contributed by atoms with van der Waals surface area (Å²) in [5, 5.41) is 8.90. The van der Waals surface area contributed by atoms with Crippen LogP contribution in [-0.2, 0) is 4.74 Å². The first-order chi connectivity index (χ1) is 15.3. The molecule has 4 aromatic rings. The molecule has 1 aliphatic rings. The van der Waals surface area contributed by atoms with E-state index in [1.807, 2.05) is 18.2 Å². The molecule has 0 radical (unpaired) electrons. The fourth-order valence-electron chi connectivity index (χ4n) is 3.86. The average Bonchev–Trinajstić information content (AvgIpc) is 3.26. The van der Waals surface area contributed by atoms with Crippen molar-refractivity contribution in [1.29, 1.82) is 0 Å². The van der Waals surface area contributed by atoms with Crippen molar-refractivity contribution in [2.24, 2.45) is 0 Å². The maximum absolute atomic E-state index is 13.3. The van der Waals surface area contributed by atoms with Gasteiger partial charge in [0.05, 0.1) is 36.5 Å². The molecule has 0 spiro atoms. The fraction of sp³-hybridized carbons (Fsp3) is 0.261. The van der Waals surface area contributed by atoms with Crippen molar-refractivity contribution in [2.75, 3.05) is 38.2 Å². The summed E-state index contributed by atoms with van der Waals surface area (Å²) in [6, 6.07) is 16.6. The van der Waals surface area contributed by atoms with Crippen LogP contribution >= 0.6 is 0 Å². The van der Waals surface area contributed by atoms with Crippen LogP contribution in [0.2, 0.25) is 0 Å². The van der Waals surface area contributed by atoms with Gasteiger partial charge in [0.15, 0.2) is 5.65 Å². The van der Waals surface area contributed by atoms with E-state index in [-0.39, 0.29) is 11.9 Å². The number of nitrogens with zero attached hydrogens (tertiary/aromatic N) is 5. The minimum Gasteiger partial charge on any atom is -0.379 e. The number of hydrogen-bond donors (Lipinski definition) is 1. The van der Waals surface area contributed by atoms with Crippen molar-refractivity contribution in [3.63, 3.8) is 0 Å². The third-order valence-electron chi connectivity index (χ3n) is 5.49. The number of halogens is 1. The molecule has 1 saturated heterocycles. The van der Waals surface area contributed by atoms with Gasteiger partial charge >= 0.3 is 0 Å². The summed E-state index contributed by atoms with van der Waals surface area (Å²) >= 11 is 0. The highest BCUT2D eigenvalue weighted by Gasteiger charge is 2.20. The molecule has 0 unspecified atom stereocenters. The maximum Gasteiger partial charge on any atom is 0.168 e. The van der Waals surface area contributed by atoms with Crippen LogP contribution in [0.5, 0.6) is 0 Å². The number of rotatable bonds is 6. The predicted octanol–water partition coefficient (Wildman–Crippen LogP) is 3.44. The van der Waals surface area contributed by atoms with Gasteiger partial charge in [0.1, 0.15) is 18.0 Å². The number of fused-ring (bicyclic) bond motifs is 1. The Morgan fingerprint density at radius 1 is 1.00 bits per heavy atom. The van der Waals surface area contributed by atoms with Gasteiger partial charge in [-0.1, -0.05) is 30.3 Å². The lowest BCUT2D eigenvalue weighted by Gasteiger charge is -2.31. The highest BCUT2D eigenvalue weighted by Crippen LogP contribution is 2.26. The van der Waals surface area contributed by atoms with Gasteiger partial charge < -0.3 is 10.1 Å². The second-order valence-electron chi connectivity index (χ2n) is 7.51. The van der Waals surface area contributed by atoms with Gasteiger partial charge in [-0.05, 0) is 29.8 Å². The number of hydrogen-bond acceptors (Lipinski definition) is 6. The third kappa shape index (κ3) is 4.26. The van der Waals surface area contributed by atoms with E-state index in [0.717, 1.165) is 49.7 Å². The maximum atomic E-state index is 13.3. The lowest BCUT2D eigenvalue weighted by molar-refractivity contribution is 0.0361. The number of nitrogens with one attached hydrogen (secondary N) is 1. The molecule has 5 rings (SSSR count). The molecule has 0 amide bonds. The summed E-state index contributed by atoms with van der Waals surface area (Å²) in [7, 11) is 0. The van der Waals surface area contributed by atoms with Crippen LogP contribution in [-0.4, -0.2) is 57.5 Å². The minimum absolute atomic E-state index is 0.0478. The monoisotopic (exact) mass is 418 g/mol. The molecule has 1 fully saturated rings. The lowest BCUT2D eigenvalue weighted by Crippen LogP contribution is -2.40. The molecule has 1 aliphatic heterocycles. The van der Waals surface area contributed by atoms with Crippen LogP contribution in [0.15, 0.2) is 67.1 Å². The second-order valence-corrected chi connectivity index (χ2v) is 7.51. The number of benzene rings is 2. The Labute approximate surface area is 179 Å². The lowest BCUT2D eigenvalue weighted by atomic mass is 10.1. The minimum atomic E-state index is -0.286. The van der Waals surface area contributed by atoms with E-state index in [1.165, 1.54) is 24.0 Å². The predicted molar refractivity (Wildman–Crippen MR) is 117 cm³/mol. The molecule has 158 valence electrons. The molecule has 0 bridgehead atoms. The average molecular weight is 418 g/mol. The summed E-state index contributed by atoms with van der Waals surface area (Å²) in [4.78, 5) is 11.3. The largest absolute Gasteiger partial charge is 0.379 e. The van der Waals surface area contributed by atoms with Crippen LogP contribution in [0.3, 0.4) is 0 Å².